The van der Waals surface area contributed by atoms with E-state index >= 15 is 0 Å². The summed E-state index contributed by atoms with van der Waals surface area (Å²) in [6, 6.07) is 20.6. The fourth-order valence-corrected chi connectivity index (χ4v) is 6.01. The minimum Gasteiger partial charge on any atom is -0.497 e. The summed E-state index contributed by atoms with van der Waals surface area (Å²) in [5, 5.41) is 0. The molecule has 0 bridgehead atoms. The molecule has 1 heterocycles. The first-order valence-corrected chi connectivity index (χ1v) is 14.2. The molecule has 1 unspecified atom stereocenters. The zero-order chi connectivity index (χ0) is 28.1. The van der Waals surface area contributed by atoms with Crippen molar-refractivity contribution in [3.63, 3.8) is 0 Å². The van der Waals surface area contributed by atoms with Gasteiger partial charge in [-0.3, -0.25) is 9.29 Å². The second-order valence-corrected chi connectivity index (χ2v) is 10.6. The van der Waals surface area contributed by atoms with E-state index in [0.29, 0.717) is 12.0 Å². The first kappa shape index (κ1) is 27.9. The molecule has 5 rings (SSSR count). The Hall–Kier alpha value is -3.64. The number of methoxy groups -OCH3 is 2. The van der Waals surface area contributed by atoms with Gasteiger partial charge in [0.25, 0.3) is 0 Å². The molecule has 0 aromatic heterocycles. The van der Waals surface area contributed by atoms with Gasteiger partial charge in [-0.1, -0.05) is 24.3 Å². The Morgan fingerprint density at radius 3 is 2.48 bits per heavy atom. The highest BCUT2D eigenvalue weighted by Gasteiger charge is 2.25. The molecule has 0 saturated carbocycles. The number of hydrogen-bond donors (Lipinski definition) is 0. The molecule has 1 aliphatic carbocycles. The summed E-state index contributed by atoms with van der Waals surface area (Å²) in [7, 11) is 3.11. The van der Waals surface area contributed by atoms with Crippen LogP contribution in [0, 0.1) is 6.92 Å². The van der Waals surface area contributed by atoms with Crippen LogP contribution in [0.25, 0.3) is 11.1 Å². The van der Waals surface area contributed by atoms with Crippen molar-refractivity contribution >= 4 is 17.1 Å². The van der Waals surface area contributed by atoms with Crippen molar-refractivity contribution in [3.05, 3.63) is 94.0 Å². The summed E-state index contributed by atoms with van der Waals surface area (Å²) < 4.78 is 29.4. The van der Waals surface area contributed by atoms with E-state index in [2.05, 4.69) is 54.3 Å². The monoisotopic (exact) mass is 543 g/mol. The molecule has 0 amide bonds. The molecule has 1 fully saturated rings. The minimum absolute atomic E-state index is 0.123. The Morgan fingerprint density at radius 1 is 0.975 bits per heavy atom. The average Bonchev–Trinajstić information content (AvgIpc) is 3.34. The Bertz CT molecular complexity index is 1380. The lowest BCUT2D eigenvalue weighted by atomic mass is 9.86. The summed E-state index contributed by atoms with van der Waals surface area (Å²) in [5.74, 6) is 1.37. The summed E-state index contributed by atoms with van der Waals surface area (Å²) in [6.07, 6.45) is 4.43. The lowest BCUT2D eigenvalue weighted by molar-refractivity contribution is 0.0600. The molecule has 2 aliphatic rings. The van der Waals surface area contributed by atoms with Gasteiger partial charge >= 0.3 is 5.97 Å². The predicted octanol–water partition coefficient (Wildman–Crippen LogP) is 6.90. The number of carbonyl (C=O) groups excluding carboxylic acids is 1. The van der Waals surface area contributed by atoms with Gasteiger partial charge in [-0.25, -0.2) is 4.79 Å². The summed E-state index contributed by atoms with van der Waals surface area (Å²) >= 11 is 0. The van der Waals surface area contributed by atoms with Crippen molar-refractivity contribution in [3.8, 4) is 11.5 Å². The quantitative estimate of drug-likeness (QED) is 0.275. The molecule has 1 aliphatic heterocycles. The zero-order valence-electron chi connectivity index (χ0n) is 23.7. The molecule has 3 aromatic rings. The third-order valence-corrected chi connectivity index (χ3v) is 8.01. The summed E-state index contributed by atoms with van der Waals surface area (Å²) in [5.41, 5.74) is 8.83. The van der Waals surface area contributed by atoms with Gasteiger partial charge in [0.15, 0.2) is 0 Å². The highest BCUT2D eigenvalue weighted by Crippen LogP contribution is 2.42. The van der Waals surface area contributed by atoms with Gasteiger partial charge in [0.2, 0.25) is 0 Å². The van der Waals surface area contributed by atoms with Gasteiger partial charge in [-0.15, -0.1) is 0 Å². The van der Waals surface area contributed by atoms with Crippen LogP contribution in [-0.2, 0) is 11.2 Å². The maximum Gasteiger partial charge on any atom is 0.337 e. The largest absolute Gasteiger partial charge is 0.497 e. The van der Waals surface area contributed by atoms with Crippen LogP contribution in [0.1, 0.15) is 63.9 Å². The van der Waals surface area contributed by atoms with Gasteiger partial charge in [0.05, 0.1) is 26.5 Å². The van der Waals surface area contributed by atoms with Crippen molar-refractivity contribution in [1.82, 2.24) is 4.90 Å². The number of aryl methyl sites for hydroxylation is 2. The van der Waals surface area contributed by atoms with Gasteiger partial charge < -0.3 is 14.2 Å². The van der Waals surface area contributed by atoms with Gasteiger partial charge in [0.1, 0.15) is 17.6 Å². The summed E-state index contributed by atoms with van der Waals surface area (Å²) in [4.78, 5) is 14.6. The molecular weight excluding hydrogens is 505 g/mol. The second-order valence-electron chi connectivity index (χ2n) is 10.6. The number of allylic oxidation sites excluding steroid dienone is 1. The molecule has 210 valence electrons. The van der Waals surface area contributed by atoms with Crippen molar-refractivity contribution in [2.45, 2.75) is 45.1 Å². The Labute approximate surface area is 236 Å². The standard InChI is InChI=1S/C34H38FNO4/c1-23-20-28(38-2)13-15-30(23)32-7-4-6-25-21-26(34(37)39-3)10-14-31(25)33(32)24-8-11-27(12-9-24)40-29-16-19-36(22-29)18-5-17-35/h8-15,20-21,29H,4-7,16-19,22H2,1-3H3. The second kappa shape index (κ2) is 12.7. The van der Waals surface area contributed by atoms with E-state index in [9.17, 15) is 9.18 Å². The number of carbonyl (C=O) groups is 1. The number of likely N-dealkylation sites (tertiary alicyclic amines) is 1. The Kier molecular flexibility index (Phi) is 8.85. The molecule has 5 nitrogen and oxygen atoms in total. The van der Waals surface area contributed by atoms with Crippen LogP contribution in [0.2, 0.25) is 0 Å². The van der Waals surface area contributed by atoms with Crippen LogP contribution >= 0.6 is 0 Å². The van der Waals surface area contributed by atoms with E-state index < -0.39 is 0 Å². The lowest BCUT2D eigenvalue weighted by Gasteiger charge is -2.20. The first-order valence-electron chi connectivity index (χ1n) is 14.2. The summed E-state index contributed by atoms with van der Waals surface area (Å²) in [6.45, 7) is 4.43. The SMILES string of the molecule is COC(=O)c1ccc2c(c1)CCCC(c1ccc(OC)cc1C)=C2c1ccc(OC2CCN(CCCF)C2)cc1. The first-order chi connectivity index (χ1) is 19.5. The molecule has 1 saturated heterocycles. The van der Waals surface area contributed by atoms with Crippen LogP contribution in [0.15, 0.2) is 60.7 Å². The van der Waals surface area contributed by atoms with E-state index in [-0.39, 0.29) is 18.7 Å². The number of halogens is 1. The normalized spacial score (nSPS) is 17.4. The third kappa shape index (κ3) is 6.07. The molecular formula is C34H38FNO4. The zero-order valence-corrected chi connectivity index (χ0v) is 23.7. The number of alkyl halides is 1. The number of rotatable bonds is 9. The topological polar surface area (TPSA) is 48.0 Å². The van der Waals surface area contributed by atoms with Crippen molar-refractivity contribution in [2.75, 3.05) is 40.5 Å². The minimum atomic E-state index is -0.319. The van der Waals surface area contributed by atoms with Crippen molar-refractivity contribution in [2.24, 2.45) is 0 Å². The molecule has 3 aromatic carbocycles. The Morgan fingerprint density at radius 2 is 1.75 bits per heavy atom. The maximum absolute atomic E-state index is 12.6. The van der Waals surface area contributed by atoms with Crippen LogP contribution in [0.3, 0.4) is 0 Å². The molecule has 1 atom stereocenters. The van der Waals surface area contributed by atoms with Gasteiger partial charge in [0, 0.05) is 19.6 Å². The van der Waals surface area contributed by atoms with Gasteiger partial charge in [-0.05, 0) is 114 Å². The highest BCUT2D eigenvalue weighted by atomic mass is 19.1. The fraction of sp³-hybridized carbons (Fsp3) is 0.382. The number of fused-ring (bicyclic) bond motifs is 1. The fourth-order valence-electron chi connectivity index (χ4n) is 6.01. The van der Waals surface area contributed by atoms with E-state index in [1.807, 2.05) is 18.2 Å². The molecule has 6 heteroatoms. The molecule has 0 N–H and O–H groups in total. The van der Waals surface area contributed by atoms with Gasteiger partial charge in [-0.2, -0.15) is 0 Å². The van der Waals surface area contributed by atoms with E-state index in [0.717, 1.165) is 73.5 Å². The van der Waals surface area contributed by atoms with Crippen LogP contribution in [-0.4, -0.2) is 57.5 Å². The maximum atomic E-state index is 12.6. The molecule has 0 radical (unpaired) electrons. The average molecular weight is 544 g/mol. The van der Waals surface area contributed by atoms with Crippen molar-refractivity contribution in [1.29, 1.82) is 0 Å². The van der Waals surface area contributed by atoms with E-state index in [4.69, 9.17) is 14.2 Å². The van der Waals surface area contributed by atoms with Crippen LogP contribution in [0.5, 0.6) is 11.5 Å². The predicted molar refractivity (Wildman–Crippen MR) is 157 cm³/mol. The van der Waals surface area contributed by atoms with E-state index in [1.54, 1.807) is 7.11 Å². The number of benzene rings is 3. The third-order valence-electron chi connectivity index (χ3n) is 8.01. The lowest BCUT2D eigenvalue weighted by Crippen LogP contribution is -2.26. The van der Waals surface area contributed by atoms with Crippen molar-refractivity contribution < 1.29 is 23.4 Å². The number of nitrogens with zero attached hydrogens (tertiary/aromatic N) is 1. The molecule has 0 spiro atoms. The smallest absolute Gasteiger partial charge is 0.337 e. The Balaban J connectivity index is 1.52. The molecule has 40 heavy (non-hydrogen) atoms. The van der Waals surface area contributed by atoms with Crippen LogP contribution < -0.4 is 9.47 Å². The highest BCUT2D eigenvalue weighted by molar-refractivity contribution is 6.01. The van der Waals surface area contributed by atoms with Crippen LogP contribution in [0.4, 0.5) is 4.39 Å². The number of hydrogen-bond acceptors (Lipinski definition) is 5. The van der Waals surface area contributed by atoms with E-state index in [1.165, 1.54) is 29.4 Å². The number of ether oxygens (including phenoxy) is 3. The number of esters is 1.